The minimum absolute atomic E-state index is 0.122. The summed E-state index contributed by atoms with van der Waals surface area (Å²) in [5.74, 6) is -0.123. The number of hydrogen-bond acceptors (Lipinski definition) is 3. The second-order valence-corrected chi connectivity index (χ2v) is 9.52. The SMILES string of the molecule is CCC(C(=O)NC1CCCCC1)N(Cc1ccc(F)cc1)C(=O)CSCc1ccc(F)cc1. The molecule has 0 heterocycles. The third-order valence-electron chi connectivity index (χ3n) is 6.01. The van der Waals surface area contributed by atoms with Crippen molar-refractivity contribution in [2.24, 2.45) is 0 Å². The van der Waals surface area contributed by atoms with Crippen molar-refractivity contribution in [2.45, 2.75) is 69.8 Å². The van der Waals surface area contributed by atoms with E-state index >= 15 is 0 Å². The van der Waals surface area contributed by atoms with Gasteiger partial charge in [0.25, 0.3) is 0 Å². The van der Waals surface area contributed by atoms with Crippen molar-refractivity contribution >= 4 is 23.6 Å². The maximum atomic E-state index is 13.4. The van der Waals surface area contributed by atoms with Crippen LogP contribution in [0.2, 0.25) is 0 Å². The first-order valence-corrected chi connectivity index (χ1v) is 12.8. The van der Waals surface area contributed by atoms with Crippen LogP contribution in [0.5, 0.6) is 0 Å². The highest BCUT2D eigenvalue weighted by molar-refractivity contribution is 7.99. The highest BCUT2D eigenvalue weighted by Gasteiger charge is 2.30. The molecule has 7 heteroatoms. The lowest BCUT2D eigenvalue weighted by atomic mass is 9.95. The number of hydrogen-bond donors (Lipinski definition) is 1. The van der Waals surface area contributed by atoms with Gasteiger partial charge in [0.15, 0.2) is 0 Å². The van der Waals surface area contributed by atoms with E-state index in [9.17, 15) is 18.4 Å². The number of benzene rings is 2. The van der Waals surface area contributed by atoms with Crippen LogP contribution in [0.25, 0.3) is 0 Å². The topological polar surface area (TPSA) is 49.4 Å². The first kappa shape index (κ1) is 25.2. The maximum absolute atomic E-state index is 13.4. The van der Waals surface area contributed by atoms with Gasteiger partial charge in [-0.15, -0.1) is 11.8 Å². The van der Waals surface area contributed by atoms with Gasteiger partial charge >= 0.3 is 0 Å². The molecule has 1 aliphatic carbocycles. The summed E-state index contributed by atoms with van der Waals surface area (Å²) in [6.07, 6.45) is 5.86. The molecule has 1 fully saturated rings. The first-order valence-electron chi connectivity index (χ1n) is 11.6. The highest BCUT2D eigenvalue weighted by atomic mass is 32.2. The second-order valence-electron chi connectivity index (χ2n) is 8.53. The number of carbonyl (C=O) groups is 2. The van der Waals surface area contributed by atoms with Crippen molar-refractivity contribution in [3.05, 3.63) is 71.3 Å². The van der Waals surface area contributed by atoms with Crippen LogP contribution in [0.1, 0.15) is 56.6 Å². The van der Waals surface area contributed by atoms with Crippen LogP contribution in [-0.4, -0.2) is 34.6 Å². The van der Waals surface area contributed by atoms with E-state index in [1.54, 1.807) is 29.2 Å². The van der Waals surface area contributed by atoms with Crippen LogP contribution in [0.15, 0.2) is 48.5 Å². The molecule has 0 saturated heterocycles. The molecule has 0 bridgehead atoms. The molecule has 0 radical (unpaired) electrons. The van der Waals surface area contributed by atoms with Gasteiger partial charge in [-0.05, 0) is 54.7 Å². The van der Waals surface area contributed by atoms with Crippen molar-refractivity contribution in [2.75, 3.05) is 5.75 Å². The summed E-state index contributed by atoms with van der Waals surface area (Å²) in [7, 11) is 0. The van der Waals surface area contributed by atoms with E-state index in [0.717, 1.165) is 36.8 Å². The number of rotatable bonds is 10. The van der Waals surface area contributed by atoms with Crippen molar-refractivity contribution < 1.29 is 18.4 Å². The normalized spacial score (nSPS) is 15.1. The standard InChI is InChI=1S/C26H32F2N2O2S/c1-2-24(26(32)29-23-6-4-3-5-7-23)30(16-19-8-12-21(27)13-9-19)25(31)18-33-17-20-10-14-22(28)15-11-20/h8-15,23-24H,2-7,16-18H2,1H3,(H,29,32). The number of amides is 2. The summed E-state index contributed by atoms with van der Waals surface area (Å²) in [5, 5.41) is 3.15. The smallest absolute Gasteiger partial charge is 0.243 e. The predicted octanol–water partition coefficient (Wildman–Crippen LogP) is 5.45. The molecule has 178 valence electrons. The molecule has 3 rings (SSSR count). The molecule has 1 aliphatic rings. The van der Waals surface area contributed by atoms with Crippen molar-refractivity contribution in [1.82, 2.24) is 10.2 Å². The summed E-state index contributed by atoms with van der Waals surface area (Å²) in [6.45, 7) is 2.15. The molecule has 1 N–H and O–H groups in total. The first-order chi connectivity index (χ1) is 16.0. The minimum atomic E-state index is -0.587. The molecule has 2 aromatic rings. The summed E-state index contributed by atoms with van der Waals surface area (Å²) in [5.41, 5.74) is 1.71. The van der Waals surface area contributed by atoms with Crippen molar-refractivity contribution in [1.29, 1.82) is 0 Å². The van der Waals surface area contributed by atoms with Crippen molar-refractivity contribution in [3.63, 3.8) is 0 Å². The molecule has 0 spiro atoms. The van der Waals surface area contributed by atoms with E-state index in [1.165, 1.54) is 42.4 Å². The van der Waals surface area contributed by atoms with Crippen LogP contribution in [-0.2, 0) is 21.9 Å². The Morgan fingerprint density at radius 2 is 1.55 bits per heavy atom. The van der Waals surface area contributed by atoms with Gasteiger partial charge in [0.1, 0.15) is 17.7 Å². The average Bonchev–Trinajstić information content (AvgIpc) is 2.82. The molecule has 0 aliphatic heterocycles. The fourth-order valence-electron chi connectivity index (χ4n) is 4.17. The highest BCUT2D eigenvalue weighted by Crippen LogP contribution is 2.20. The van der Waals surface area contributed by atoms with Gasteiger partial charge in [0.05, 0.1) is 5.75 Å². The van der Waals surface area contributed by atoms with E-state index in [-0.39, 0.29) is 41.8 Å². The van der Waals surface area contributed by atoms with Crippen molar-refractivity contribution in [3.8, 4) is 0 Å². The van der Waals surface area contributed by atoms with Crippen LogP contribution in [0.3, 0.4) is 0 Å². The number of thioether (sulfide) groups is 1. The van der Waals surface area contributed by atoms with E-state index in [0.29, 0.717) is 12.2 Å². The fraction of sp³-hybridized carbons (Fsp3) is 0.462. The zero-order chi connectivity index (χ0) is 23.6. The van der Waals surface area contributed by atoms with Crippen LogP contribution in [0, 0.1) is 11.6 Å². The van der Waals surface area contributed by atoms with E-state index in [4.69, 9.17) is 0 Å². The van der Waals surface area contributed by atoms with Gasteiger partial charge in [-0.2, -0.15) is 0 Å². The third-order valence-corrected chi connectivity index (χ3v) is 7.00. The zero-order valence-corrected chi connectivity index (χ0v) is 19.9. The Hall–Kier alpha value is -2.41. The van der Waals surface area contributed by atoms with E-state index < -0.39 is 6.04 Å². The second kappa shape index (κ2) is 12.7. The molecule has 4 nitrogen and oxygen atoms in total. The Bertz CT molecular complexity index is 900. The molecule has 1 atom stereocenters. The van der Waals surface area contributed by atoms with Crippen LogP contribution >= 0.6 is 11.8 Å². The summed E-state index contributed by atoms with van der Waals surface area (Å²) < 4.78 is 26.5. The summed E-state index contributed by atoms with van der Waals surface area (Å²) in [4.78, 5) is 28.0. The van der Waals surface area contributed by atoms with Crippen LogP contribution < -0.4 is 5.32 Å². The largest absolute Gasteiger partial charge is 0.352 e. The molecule has 33 heavy (non-hydrogen) atoms. The lowest BCUT2D eigenvalue weighted by Gasteiger charge is -2.32. The molecule has 1 unspecified atom stereocenters. The summed E-state index contributed by atoms with van der Waals surface area (Å²) >= 11 is 1.43. The lowest BCUT2D eigenvalue weighted by Crippen LogP contribution is -2.52. The van der Waals surface area contributed by atoms with Gasteiger partial charge in [-0.25, -0.2) is 8.78 Å². The van der Waals surface area contributed by atoms with Gasteiger partial charge < -0.3 is 10.2 Å². The number of carbonyl (C=O) groups excluding carboxylic acids is 2. The Morgan fingerprint density at radius 3 is 2.12 bits per heavy atom. The Balaban J connectivity index is 1.68. The van der Waals surface area contributed by atoms with Gasteiger partial charge in [-0.3, -0.25) is 9.59 Å². The molecular formula is C26H32F2N2O2S. The van der Waals surface area contributed by atoms with E-state index in [2.05, 4.69) is 5.32 Å². The molecule has 2 aromatic carbocycles. The van der Waals surface area contributed by atoms with Gasteiger partial charge in [0.2, 0.25) is 11.8 Å². The monoisotopic (exact) mass is 474 g/mol. The molecular weight excluding hydrogens is 442 g/mol. The molecule has 2 amide bonds. The average molecular weight is 475 g/mol. The number of nitrogens with one attached hydrogen (secondary N) is 1. The lowest BCUT2D eigenvalue weighted by molar-refractivity contribution is -0.139. The molecule has 1 saturated carbocycles. The Kier molecular flexibility index (Phi) is 9.73. The third kappa shape index (κ3) is 7.84. The van der Waals surface area contributed by atoms with Gasteiger partial charge in [-0.1, -0.05) is 50.5 Å². The molecule has 0 aromatic heterocycles. The Labute approximate surface area is 199 Å². The van der Waals surface area contributed by atoms with E-state index in [1.807, 2.05) is 6.92 Å². The number of halogens is 2. The quantitative estimate of drug-likeness (QED) is 0.498. The Morgan fingerprint density at radius 1 is 0.970 bits per heavy atom. The summed E-state index contributed by atoms with van der Waals surface area (Å²) in [6, 6.07) is 11.8. The maximum Gasteiger partial charge on any atom is 0.243 e. The predicted molar refractivity (Wildman–Crippen MR) is 129 cm³/mol. The fourth-order valence-corrected chi connectivity index (χ4v) is 5.04. The zero-order valence-electron chi connectivity index (χ0n) is 19.1. The minimum Gasteiger partial charge on any atom is -0.352 e. The van der Waals surface area contributed by atoms with Gasteiger partial charge in [0, 0.05) is 18.3 Å². The number of nitrogens with zero attached hydrogens (tertiary/aromatic N) is 1. The van der Waals surface area contributed by atoms with Crippen LogP contribution in [0.4, 0.5) is 8.78 Å².